The summed E-state index contributed by atoms with van der Waals surface area (Å²) in [6.07, 6.45) is 6.43. The Morgan fingerprint density at radius 3 is 2.88 bits per heavy atom. The lowest BCUT2D eigenvalue weighted by Crippen LogP contribution is -2.37. The van der Waals surface area contributed by atoms with Gasteiger partial charge in [-0.3, -0.25) is 4.79 Å². The summed E-state index contributed by atoms with van der Waals surface area (Å²) >= 11 is 0. The number of likely N-dealkylation sites (tertiary alicyclic amines) is 1. The second kappa shape index (κ2) is 8.96. The maximum Gasteiger partial charge on any atom is 0.221 e. The van der Waals surface area contributed by atoms with Crippen LogP contribution in [0.5, 0.6) is 0 Å². The van der Waals surface area contributed by atoms with Gasteiger partial charge < -0.3 is 15.1 Å². The van der Waals surface area contributed by atoms with Crippen LogP contribution < -0.4 is 5.32 Å². The second-order valence-corrected chi connectivity index (χ2v) is 7.16. The van der Waals surface area contributed by atoms with Crippen molar-refractivity contribution in [3.05, 3.63) is 48.3 Å². The fourth-order valence-corrected chi connectivity index (χ4v) is 3.38. The lowest BCUT2D eigenvalue weighted by atomic mass is 10.2. The third-order valence-electron chi connectivity index (χ3n) is 5.07. The first kappa shape index (κ1) is 18.6. The average Bonchev–Trinajstić information content (AvgIpc) is 3.30. The van der Waals surface area contributed by atoms with Gasteiger partial charge in [0.05, 0.1) is 11.9 Å². The highest BCUT2D eigenvalue weighted by molar-refractivity contribution is 5.76. The second-order valence-electron chi connectivity index (χ2n) is 7.16. The van der Waals surface area contributed by atoms with Gasteiger partial charge in [-0.15, -0.1) is 0 Å². The van der Waals surface area contributed by atoms with Crippen molar-refractivity contribution in [2.75, 3.05) is 40.3 Å². The van der Waals surface area contributed by atoms with Crippen molar-refractivity contribution in [3.63, 3.8) is 0 Å². The van der Waals surface area contributed by atoms with E-state index in [0.29, 0.717) is 19.0 Å². The summed E-state index contributed by atoms with van der Waals surface area (Å²) in [6.45, 7) is 3.72. The van der Waals surface area contributed by atoms with Gasteiger partial charge in [0.1, 0.15) is 0 Å². The molecule has 1 saturated heterocycles. The Kier molecular flexibility index (Phi) is 6.41. The molecule has 2 aromatic rings. The lowest BCUT2D eigenvalue weighted by molar-refractivity contribution is -0.121. The highest BCUT2D eigenvalue weighted by Crippen LogP contribution is 2.12. The predicted molar refractivity (Wildman–Crippen MR) is 103 cm³/mol. The van der Waals surface area contributed by atoms with Gasteiger partial charge in [0, 0.05) is 38.3 Å². The van der Waals surface area contributed by atoms with Crippen molar-refractivity contribution < 1.29 is 4.79 Å². The van der Waals surface area contributed by atoms with Crippen LogP contribution in [-0.2, 0) is 11.2 Å². The van der Waals surface area contributed by atoms with Crippen molar-refractivity contribution in [3.8, 4) is 5.69 Å². The Labute approximate surface area is 155 Å². The molecule has 1 aliphatic heterocycles. The number of nitrogens with zero attached hydrogens (tertiary/aromatic N) is 4. The first-order valence-electron chi connectivity index (χ1n) is 9.36. The van der Waals surface area contributed by atoms with Crippen LogP contribution in [0.25, 0.3) is 5.69 Å². The van der Waals surface area contributed by atoms with E-state index < -0.39 is 0 Å². The molecule has 0 aliphatic carbocycles. The topological polar surface area (TPSA) is 53.4 Å². The molecule has 6 nitrogen and oxygen atoms in total. The highest BCUT2D eigenvalue weighted by Gasteiger charge is 2.23. The molecule has 1 amide bonds. The summed E-state index contributed by atoms with van der Waals surface area (Å²) in [6, 6.07) is 10.6. The third-order valence-corrected chi connectivity index (χ3v) is 5.07. The Bertz CT molecular complexity index is 699. The van der Waals surface area contributed by atoms with Gasteiger partial charge in [-0.2, -0.15) is 5.10 Å². The third kappa shape index (κ3) is 5.16. The molecule has 140 valence electrons. The standard InChI is InChI=1S/C20H29N5O/c1-23-12-9-19(16-23)24(2)13-10-20(26)21-11-8-17-14-22-25(15-17)18-6-4-3-5-7-18/h3-7,14-15,19H,8-13,16H2,1-2H3,(H,21,26). The van der Waals surface area contributed by atoms with Gasteiger partial charge >= 0.3 is 0 Å². The average molecular weight is 355 g/mol. The molecule has 26 heavy (non-hydrogen) atoms. The number of amides is 1. The van der Waals surface area contributed by atoms with Crippen LogP contribution in [0.15, 0.2) is 42.7 Å². The molecule has 1 atom stereocenters. The summed E-state index contributed by atoms with van der Waals surface area (Å²) < 4.78 is 1.87. The van der Waals surface area contributed by atoms with Gasteiger partial charge in [-0.1, -0.05) is 18.2 Å². The van der Waals surface area contributed by atoms with Gasteiger partial charge in [-0.05, 0) is 51.2 Å². The maximum absolute atomic E-state index is 12.1. The zero-order valence-electron chi connectivity index (χ0n) is 15.8. The largest absolute Gasteiger partial charge is 0.356 e. The van der Waals surface area contributed by atoms with E-state index in [1.807, 2.05) is 47.4 Å². The number of aromatic nitrogens is 2. The van der Waals surface area contributed by atoms with Crippen LogP contribution in [0.1, 0.15) is 18.4 Å². The van der Waals surface area contributed by atoms with E-state index in [1.165, 1.54) is 6.42 Å². The van der Waals surface area contributed by atoms with Gasteiger partial charge in [-0.25, -0.2) is 4.68 Å². The summed E-state index contributed by atoms with van der Waals surface area (Å²) in [5.41, 5.74) is 2.17. The molecule has 2 heterocycles. The van der Waals surface area contributed by atoms with E-state index in [-0.39, 0.29) is 5.91 Å². The molecule has 0 saturated carbocycles. The number of carbonyl (C=O) groups is 1. The van der Waals surface area contributed by atoms with Crippen LogP contribution in [0, 0.1) is 0 Å². The Morgan fingerprint density at radius 2 is 2.15 bits per heavy atom. The molecule has 0 bridgehead atoms. The molecule has 1 N–H and O–H groups in total. The monoisotopic (exact) mass is 355 g/mol. The maximum atomic E-state index is 12.1. The minimum Gasteiger partial charge on any atom is -0.356 e. The summed E-state index contributed by atoms with van der Waals surface area (Å²) in [5, 5.41) is 7.41. The Morgan fingerprint density at radius 1 is 1.35 bits per heavy atom. The van der Waals surface area contributed by atoms with Gasteiger partial charge in [0.25, 0.3) is 0 Å². The van der Waals surface area contributed by atoms with E-state index in [1.54, 1.807) is 0 Å². The minimum absolute atomic E-state index is 0.124. The summed E-state index contributed by atoms with van der Waals surface area (Å²) in [4.78, 5) is 16.7. The van der Waals surface area contributed by atoms with E-state index in [4.69, 9.17) is 0 Å². The number of likely N-dealkylation sites (N-methyl/N-ethyl adjacent to an activating group) is 2. The predicted octanol–water partition coefficient (Wildman–Crippen LogP) is 1.56. The molecule has 1 unspecified atom stereocenters. The normalized spacial score (nSPS) is 17.7. The van der Waals surface area contributed by atoms with Crippen molar-refractivity contribution >= 4 is 5.91 Å². The van der Waals surface area contributed by atoms with Crippen LogP contribution in [0.3, 0.4) is 0 Å². The first-order chi connectivity index (χ1) is 12.6. The first-order valence-corrected chi connectivity index (χ1v) is 9.36. The molecular weight excluding hydrogens is 326 g/mol. The highest BCUT2D eigenvalue weighted by atomic mass is 16.1. The number of rotatable bonds is 8. The van der Waals surface area contributed by atoms with Crippen LogP contribution >= 0.6 is 0 Å². The number of para-hydroxylation sites is 1. The molecule has 3 rings (SSSR count). The number of benzene rings is 1. The van der Waals surface area contributed by atoms with Crippen LogP contribution in [-0.4, -0.2) is 71.8 Å². The Balaban J connectivity index is 1.36. The van der Waals surface area contributed by atoms with Gasteiger partial charge in [0.15, 0.2) is 0 Å². The number of nitrogens with one attached hydrogen (secondary N) is 1. The van der Waals surface area contributed by atoms with E-state index in [0.717, 1.165) is 37.3 Å². The number of hydrogen-bond acceptors (Lipinski definition) is 4. The summed E-state index contributed by atoms with van der Waals surface area (Å²) in [5.74, 6) is 0.124. The van der Waals surface area contributed by atoms with Crippen LogP contribution in [0.4, 0.5) is 0 Å². The molecule has 0 radical (unpaired) electrons. The summed E-state index contributed by atoms with van der Waals surface area (Å²) in [7, 11) is 4.27. The van der Waals surface area contributed by atoms with Crippen molar-refractivity contribution in [2.24, 2.45) is 0 Å². The molecule has 1 fully saturated rings. The molecule has 6 heteroatoms. The van der Waals surface area contributed by atoms with Crippen molar-refractivity contribution in [1.29, 1.82) is 0 Å². The smallest absolute Gasteiger partial charge is 0.221 e. The zero-order chi connectivity index (χ0) is 18.4. The van der Waals surface area contributed by atoms with Crippen molar-refractivity contribution in [2.45, 2.75) is 25.3 Å². The fraction of sp³-hybridized carbons (Fsp3) is 0.500. The van der Waals surface area contributed by atoms with E-state index in [2.05, 4.69) is 34.3 Å². The van der Waals surface area contributed by atoms with E-state index in [9.17, 15) is 4.79 Å². The van der Waals surface area contributed by atoms with Crippen molar-refractivity contribution in [1.82, 2.24) is 24.9 Å². The molecule has 1 aliphatic rings. The van der Waals surface area contributed by atoms with Crippen LogP contribution in [0.2, 0.25) is 0 Å². The zero-order valence-corrected chi connectivity index (χ0v) is 15.8. The molecule has 0 spiro atoms. The van der Waals surface area contributed by atoms with Gasteiger partial charge in [0.2, 0.25) is 5.91 Å². The molecular formula is C20H29N5O. The number of hydrogen-bond donors (Lipinski definition) is 1. The quantitative estimate of drug-likeness (QED) is 0.781. The fourth-order valence-electron chi connectivity index (χ4n) is 3.38. The minimum atomic E-state index is 0.124. The molecule has 1 aromatic heterocycles. The SMILES string of the molecule is CN1CCC(N(C)CCC(=O)NCCc2cnn(-c3ccccc3)c2)C1. The van der Waals surface area contributed by atoms with E-state index >= 15 is 0 Å². The number of carbonyl (C=O) groups excluding carboxylic acids is 1. The molecule has 1 aromatic carbocycles. The Hall–Kier alpha value is -2.18. The lowest BCUT2D eigenvalue weighted by Gasteiger charge is -2.23.